The van der Waals surface area contributed by atoms with Gasteiger partial charge >= 0.3 is 0 Å². The zero-order chi connectivity index (χ0) is 7.40. The molecule has 0 aliphatic rings. The van der Waals surface area contributed by atoms with Crippen molar-refractivity contribution in [3.8, 4) is 0 Å². The van der Waals surface area contributed by atoms with E-state index in [1.165, 1.54) is 5.56 Å². The van der Waals surface area contributed by atoms with Gasteiger partial charge in [-0.15, -0.1) is 0 Å². The van der Waals surface area contributed by atoms with Crippen LogP contribution in [0.3, 0.4) is 0 Å². The highest BCUT2D eigenvalue weighted by molar-refractivity contribution is 9.09. The summed E-state index contributed by atoms with van der Waals surface area (Å²) in [5.41, 5.74) is 6.61. The summed E-state index contributed by atoms with van der Waals surface area (Å²) in [5, 5.41) is 0.971. The molecule has 0 amide bonds. The van der Waals surface area contributed by atoms with Gasteiger partial charge in [-0.05, 0) is 18.1 Å². The van der Waals surface area contributed by atoms with Gasteiger partial charge in [0.1, 0.15) is 5.82 Å². The fourth-order valence-corrected chi connectivity index (χ4v) is 1.15. The number of hydrogen-bond acceptors (Lipinski definition) is 2. The number of nitrogens with zero attached hydrogens (tertiary/aromatic N) is 1. The highest BCUT2D eigenvalue weighted by atomic mass is 79.9. The molecule has 0 saturated carbocycles. The van der Waals surface area contributed by atoms with Gasteiger partial charge in [-0.3, -0.25) is 0 Å². The van der Waals surface area contributed by atoms with Crippen LogP contribution in [0.2, 0.25) is 0 Å². The average Bonchev–Trinajstić information content (AvgIpc) is 1.95. The van der Waals surface area contributed by atoms with Crippen molar-refractivity contribution in [3.05, 3.63) is 23.9 Å². The summed E-state index contributed by atoms with van der Waals surface area (Å²) in [6.07, 6.45) is 2.81. The van der Waals surface area contributed by atoms with E-state index in [0.717, 1.165) is 11.8 Å². The van der Waals surface area contributed by atoms with E-state index in [9.17, 15) is 0 Å². The van der Waals surface area contributed by atoms with Crippen LogP contribution < -0.4 is 5.73 Å². The maximum Gasteiger partial charge on any atom is 0.123 e. The zero-order valence-electron chi connectivity index (χ0n) is 5.55. The average molecular weight is 201 g/mol. The van der Waals surface area contributed by atoms with Crippen molar-refractivity contribution in [2.45, 2.75) is 6.42 Å². The topological polar surface area (TPSA) is 38.9 Å². The summed E-state index contributed by atoms with van der Waals surface area (Å²) in [4.78, 5) is 3.95. The minimum absolute atomic E-state index is 0.582. The number of nitrogens with two attached hydrogens (primary N) is 1. The van der Waals surface area contributed by atoms with Crippen molar-refractivity contribution >= 4 is 21.7 Å². The second-order valence-electron chi connectivity index (χ2n) is 2.03. The van der Waals surface area contributed by atoms with Gasteiger partial charge in [0.15, 0.2) is 0 Å². The van der Waals surface area contributed by atoms with Crippen molar-refractivity contribution in [3.63, 3.8) is 0 Å². The Bertz CT molecular complexity index is 195. The third-order valence-electron chi connectivity index (χ3n) is 1.23. The third-order valence-corrected chi connectivity index (χ3v) is 1.63. The lowest BCUT2D eigenvalue weighted by Gasteiger charge is -1.95. The lowest BCUT2D eigenvalue weighted by molar-refractivity contribution is 1.13. The molecule has 0 saturated heterocycles. The molecule has 54 valence electrons. The van der Waals surface area contributed by atoms with Gasteiger partial charge in [0, 0.05) is 11.5 Å². The van der Waals surface area contributed by atoms with E-state index in [0.29, 0.717) is 5.82 Å². The highest BCUT2D eigenvalue weighted by Crippen LogP contribution is 2.02. The van der Waals surface area contributed by atoms with Crippen molar-refractivity contribution in [2.75, 3.05) is 11.1 Å². The normalized spacial score (nSPS) is 9.70. The summed E-state index contributed by atoms with van der Waals surface area (Å²) in [5.74, 6) is 0.582. The van der Waals surface area contributed by atoms with Crippen LogP contribution in [0.15, 0.2) is 18.3 Å². The Morgan fingerprint density at radius 2 is 2.30 bits per heavy atom. The number of alkyl halides is 1. The second-order valence-corrected chi connectivity index (χ2v) is 2.82. The first-order chi connectivity index (χ1) is 4.83. The van der Waals surface area contributed by atoms with Gasteiger partial charge in [0.25, 0.3) is 0 Å². The molecule has 1 aromatic heterocycles. The molecule has 1 rings (SSSR count). The molecule has 0 bridgehead atoms. The van der Waals surface area contributed by atoms with Gasteiger partial charge in [0.2, 0.25) is 0 Å². The summed E-state index contributed by atoms with van der Waals surface area (Å²) in [6, 6.07) is 3.81. The first-order valence-corrected chi connectivity index (χ1v) is 4.21. The van der Waals surface area contributed by atoms with E-state index in [-0.39, 0.29) is 0 Å². The number of halogens is 1. The van der Waals surface area contributed by atoms with Crippen LogP contribution in [0.4, 0.5) is 5.82 Å². The van der Waals surface area contributed by atoms with Crippen LogP contribution in [0, 0.1) is 0 Å². The molecule has 0 aliphatic carbocycles. The molecule has 0 atom stereocenters. The molecule has 0 aromatic carbocycles. The number of anilines is 1. The van der Waals surface area contributed by atoms with E-state index in [1.54, 1.807) is 6.20 Å². The van der Waals surface area contributed by atoms with Crippen LogP contribution in [0.1, 0.15) is 5.56 Å². The van der Waals surface area contributed by atoms with E-state index < -0.39 is 0 Å². The zero-order valence-corrected chi connectivity index (χ0v) is 7.13. The van der Waals surface area contributed by atoms with Crippen LogP contribution in [0.25, 0.3) is 0 Å². The third kappa shape index (κ3) is 1.99. The van der Waals surface area contributed by atoms with E-state index >= 15 is 0 Å². The molecule has 0 aliphatic heterocycles. The Morgan fingerprint density at radius 3 is 2.80 bits per heavy atom. The number of aromatic nitrogens is 1. The first-order valence-electron chi connectivity index (χ1n) is 3.09. The Hall–Kier alpha value is -0.570. The Balaban J connectivity index is 2.69. The van der Waals surface area contributed by atoms with Crippen molar-refractivity contribution in [1.82, 2.24) is 4.98 Å². The number of pyridine rings is 1. The van der Waals surface area contributed by atoms with E-state index in [4.69, 9.17) is 5.73 Å². The molecule has 2 N–H and O–H groups in total. The van der Waals surface area contributed by atoms with Gasteiger partial charge in [0.05, 0.1) is 0 Å². The van der Waals surface area contributed by atoms with Crippen LogP contribution in [-0.2, 0) is 6.42 Å². The fraction of sp³-hybridized carbons (Fsp3) is 0.286. The summed E-state index contributed by atoms with van der Waals surface area (Å²) in [6.45, 7) is 0. The Labute approximate surface area is 68.6 Å². The van der Waals surface area contributed by atoms with Gasteiger partial charge in [-0.2, -0.15) is 0 Å². The number of rotatable bonds is 2. The van der Waals surface area contributed by atoms with Gasteiger partial charge in [-0.1, -0.05) is 22.0 Å². The minimum Gasteiger partial charge on any atom is -0.384 e. The summed E-state index contributed by atoms with van der Waals surface area (Å²) in [7, 11) is 0. The quantitative estimate of drug-likeness (QED) is 0.738. The molecule has 0 unspecified atom stereocenters. The number of nitrogen functional groups attached to an aromatic ring is 1. The minimum atomic E-state index is 0.582. The standard InChI is InChI=1S/C7H9BrN2/c8-4-3-6-1-2-7(9)10-5-6/h1-2,5H,3-4H2,(H2,9,10). The highest BCUT2D eigenvalue weighted by Gasteiger charge is 1.90. The molecule has 2 nitrogen and oxygen atoms in total. The second kappa shape index (κ2) is 3.56. The molecule has 0 radical (unpaired) electrons. The van der Waals surface area contributed by atoms with Gasteiger partial charge in [-0.25, -0.2) is 4.98 Å². The summed E-state index contributed by atoms with van der Waals surface area (Å²) >= 11 is 3.35. The smallest absolute Gasteiger partial charge is 0.123 e. The first kappa shape index (κ1) is 7.54. The van der Waals surface area contributed by atoms with Gasteiger partial charge < -0.3 is 5.73 Å². The number of aryl methyl sites for hydroxylation is 1. The SMILES string of the molecule is Nc1ccc(CCBr)cn1. The largest absolute Gasteiger partial charge is 0.384 e. The predicted octanol–water partition coefficient (Wildman–Crippen LogP) is 1.60. The molecule has 10 heavy (non-hydrogen) atoms. The van der Waals surface area contributed by atoms with Crippen LogP contribution in [0.5, 0.6) is 0 Å². The molecular weight excluding hydrogens is 192 g/mol. The maximum atomic E-state index is 5.40. The monoisotopic (exact) mass is 200 g/mol. The Morgan fingerprint density at radius 1 is 1.50 bits per heavy atom. The van der Waals surface area contributed by atoms with E-state index in [1.807, 2.05) is 12.1 Å². The van der Waals surface area contributed by atoms with Crippen molar-refractivity contribution in [1.29, 1.82) is 0 Å². The molecule has 0 fully saturated rings. The Kier molecular flexibility index (Phi) is 2.68. The van der Waals surface area contributed by atoms with Crippen molar-refractivity contribution < 1.29 is 0 Å². The molecule has 3 heteroatoms. The predicted molar refractivity (Wildman–Crippen MR) is 46.1 cm³/mol. The van der Waals surface area contributed by atoms with E-state index in [2.05, 4.69) is 20.9 Å². The molecule has 1 aromatic rings. The van der Waals surface area contributed by atoms with Crippen LogP contribution >= 0.6 is 15.9 Å². The molecular formula is C7H9BrN2. The summed E-state index contributed by atoms with van der Waals surface area (Å²) < 4.78 is 0. The lowest BCUT2D eigenvalue weighted by Crippen LogP contribution is -1.91. The number of hydrogen-bond donors (Lipinski definition) is 1. The van der Waals surface area contributed by atoms with Crippen molar-refractivity contribution in [2.24, 2.45) is 0 Å². The maximum absolute atomic E-state index is 5.40. The molecule has 1 heterocycles. The van der Waals surface area contributed by atoms with Crippen LogP contribution in [-0.4, -0.2) is 10.3 Å². The lowest BCUT2D eigenvalue weighted by atomic mass is 10.2. The molecule has 0 spiro atoms. The fourth-order valence-electron chi connectivity index (χ4n) is 0.693.